The Bertz CT molecular complexity index is 744. The number of carbonyl (C=O) groups is 1. The summed E-state index contributed by atoms with van der Waals surface area (Å²) in [6, 6.07) is 5.74. The Hall–Kier alpha value is -1.88. The van der Waals surface area contributed by atoms with Crippen LogP contribution >= 0.6 is 11.6 Å². The fourth-order valence-electron chi connectivity index (χ4n) is 2.67. The molecule has 122 valence electrons. The summed E-state index contributed by atoms with van der Waals surface area (Å²) >= 11 is 6.11. The maximum atomic E-state index is 11.0. The number of benzene rings is 1. The van der Waals surface area contributed by atoms with Crippen molar-refractivity contribution < 1.29 is 9.90 Å². The van der Waals surface area contributed by atoms with Crippen molar-refractivity contribution in [1.29, 1.82) is 0 Å². The SMILES string of the molecule is CC(C)N(CCC(=O)O)c1nc(C2CC2)nc2cc(Cl)ccc12. The molecule has 0 radical (unpaired) electrons. The lowest BCUT2D eigenvalue weighted by atomic mass is 10.2. The number of halogens is 1. The van der Waals surface area contributed by atoms with Gasteiger partial charge in [0, 0.05) is 28.9 Å². The Labute approximate surface area is 140 Å². The normalized spacial score (nSPS) is 14.4. The highest BCUT2D eigenvalue weighted by molar-refractivity contribution is 6.31. The van der Waals surface area contributed by atoms with Crippen LogP contribution in [0.1, 0.15) is 44.9 Å². The average Bonchev–Trinajstić information content (AvgIpc) is 3.30. The van der Waals surface area contributed by atoms with Gasteiger partial charge in [0.2, 0.25) is 0 Å². The fraction of sp³-hybridized carbons (Fsp3) is 0.471. The first-order valence-corrected chi connectivity index (χ1v) is 8.29. The van der Waals surface area contributed by atoms with Crippen LogP contribution in [0.15, 0.2) is 18.2 Å². The highest BCUT2D eigenvalue weighted by Crippen LogP contribution is 2.40. The van der Waals surface area contributed by atoms with Crippen molar-refractivity contribution in [3.63, 3.8) is 0 Å². The second-order valence-corrected chi connectivity index (χ2v) is 6.71. The van der Waals surface area contributed by atoms with E-state index < -0.39 is 5.97 Å². The smallest absolute Gasteiger partial charge is 0.305 e. The number of hydrogen-bond donors (Lipinski definition) is 1. The first kappa shape index (κ1) is 16.0. The first-order chi connectivity index (χ1) is 11.0. The van der Waals surface area contributed by atoms with Gasteiger partial charge in [0.05, 0.1) is 11.9 Å². The third-order valence-corrected chi connectivity index (χ3v) is 4.30. The van der Waals surface area contributed by atoms with E-state index in [0.29, 0.717) is 17.5 Å². The zero-order chi connectivity index (χ0) is 16.6. The Morgan fingerprint density at radius 3 is 2.74 bits per heavy atom. The highest BCUT2D eigenvalue weighted by atomic mass is 35.5. The number of nitrogens with zero attached hydrogens (tertiary/aromatic N) is 3. The number of aliphatic carboxylic acids is 1. The lowest BCUT2D eigenvalue weighted by molar-refractivity contribution is -0.136. The molecule has 1 saturated carbocycles. The van der Waals surface area contributed by atoms with Crippen LogP contribution < -0.4 is 4.90 Å². The van der Waals surface area contributed by atoms with Gasteiger partial charge in [-0.15, -0.1) is 0 Å². The molecule has 0 bridgehead atoms. The second kappa shape index (κ2) is 6.32. The van der Waals surface area contributed by atoms with E-state index in [0.717, 1.165) is 35.4 Å². The minimum absolute atomic E-state index is 0.0794. The molecule has 23 heavy (non-hydrogen) atoms. The molecule has 1 heterocycles. The van der Waals surface area contributed by atoms with Gasteiger partial charge in [0.15, 0.2) is 0 Å². The molecular formula is C17H20ClN3O2. The van der Waals surface area contributed by atoms with Crippen LogP contribution in [0.5, 0.6) is 0 Å². The molecule has 0 amide bonds. The van der Waals surface area contributed by atoms with Crippen molar-refractivity contribution in [1.82, 2.24) is 9.97 Å². The molecule has 1 aliphatic carbocycles. The molecule has 0 aliphatic heterocycles. The van der Waals surface area contributed by atoms with Crippen molar-refractivity contribution in [2.45, 2.75) is 45.1 Å². The molecule has 3 rings (SSSR count). The van der Waals surface area contributed by atoms with Gasteiger partial charge in [0.1, 0.15) is 11.6 Å². The van der Waals surface area contributed by atoms with E-state index in [4.69, 9.17) is 21.7 Å². The van der Waals surface area contributed by atoms with Crippen molar-refractivity contribution >= 4 is 34.3 Å². The molecule has 0 saturated heterocycles. The zero-order valence-electron chi connectivity index (χ0n) is 13.3. The van der Waals surface area contributed by atoms with Crippen molar-refractivity contribution in [3.05, 3.63) is 29.0 Å². The summed E-state index contributed by atoms with van der Waals surface area (Å²) < 4.78 is 0. The molecule has 1 N–H and O–H groups in total. The Morgan fingerprint density at radius 1 is 1.39 bits per heavy atom. The Balaban J connectivity index is 2.10. The number of hydrogen-bond acceptors (Lipinski definition) is 4. The van der Waals surface area contributed by atoms with E-state index in [1.54, 1.807) is 0 Å². The topological polar surface area (TPSA) is 66.3 Å². The summed E-state index contributed by atoms with van der Waals surface area (Å²) in [7, 11) is 0. The zero-order valence-corrected chi connectivity index (χ0v) is 14.0. The van der Waals surface area contributed by atoms with Crippen molar-refractivity contribution in [2.75, 3.05) is 11.4 Å². The van der Waals surface area contributed by atoms with Crippen LogP contribution in [0, 0.1) is 0 Å². The van der Waals surface area contributed by atoms with E-state index >= 15 is 0 Å². The highest BCUT2D eigenvalue weighted by Gasteiger charge is 2.29. The van der Waals surface area contributed by atoms with Crippen LogP contribution in [0.4, 0.5) is 5.82 Å². The number of aromatic nitrogens is 2. The lowest BCUT2D eigenvalue weighted by Gasteiger charge is -2.28. The maximum absolute atomic E-state index is 11.0. The summed E-state index contributed by atoms with van der Waals surface area (Å²) in [6.45, 7) is 4.51. The van der Waals surface area contributed by atoms with Crippen molar-refractivity contribution in [2.24, 2.45) is 0 Å². The van der Waals surface area contributed by atoms with Gasteiger partial charge in [-0.25, -0.2) is 9.97 Å². The van der Waals surface area contributed by atoms with Crippen LogP contribution in [0.3, 0.4) is 0 Å². The standard InChI is InChI=1S/C17H20ClN3O2/c1-10(2)21(8-7-15(22)23)17-13-6-5-12(18)9-14(13)19-16(20-17)11-3-4-11/h5-6,9-11H,3-4,7-8H2,1-2H3,(H,22,23). The van der Waals surface area contributed by atoms with E-state index in [1.807, 2.05) is 36.9 Å². The van der Waals surface area contributed by atoms with Crippen LogP contribution in [0.2, 0.25) is 5.02 Å². The van der Waals surface area contributed by atoms with Gasteiger partial charge in [-0.05, 0) is 44.9 Å². The van der Waals surface area contributed by atoms with E-state index in [1.165, 1.54) is 0 Å². The quantitative estimate of drug-likeness (QED) is 0.869. The molecule has 1 aliphatic rings. The van der Waals surface area contributed by atoms with Crippen LogP contribution in [-0.2, 0) is 4.79 Å². The van der Waals surface area contributed by atoms with Gasteiger partial charge in [0.25, 0.3) is 0 Å². The number of rotatable bonds is 6. The molecular weight excluding hydrogens is 314 g/mol. The lowest BCUT2D eigenvalue weighted by Crippen LogP contribution is -2.34. The predicted octanol–water partition coefficient (Wildman–Crippen LogP) is 3.85. The summed E-state index contributed by atoms with van der Waals surface area (Å²) in [6.07, 6.45) is 2.31. The van der Waals surface area contributed by atoms with E-state index in [9.17, 15) is 4.79 Å². The van der Waals surface area contributed by atoms with Crippen molar-refractivity contribution in [3.8, 4) is 0 Å². The number of anilines is 1. The molecule has 6 heteroatoms. The molecule has 1 aromatic carbocycles. The predicted molar refractivity (Wildman–Crippen MR) is 91.3 cm³/mol. The minimum atomic E-state index is -0.806. The van der Waals surface area contributed by atoms with Crippen LogP contribution in [0.25, 0.3) is 10.9 Å². The number of carboxylic acid groups (broad SMARTS) is 1. The van der Waals surface area contributed by atoms with Gasteiger partial charge in [-0.1, -0.05) is 11.6 Å². The Kier molecular flexibility index (Phi) is 4.39. The fourth-order valence-corrected chi connectivity index (χ4v) is 2.84. The molecule has 0 unspecified atom stereocenters. The molecule has 0 spiro atoms. The van der Waals surface area contributed by atoms with Gasteiger partial charge < -0.3 is 10.0 Å². The number of carboxylic acids is 1. The van der Waals surface area contributed by atoms with E-state index in [2.05, 4.69) is 4.98 Å². The summed E-state index contributed by atoms with van der Waals surface area (Å²) in [5.74, 6) is 1.27. The van der Waals surface area contributed by atoms with Gasteiger partial charge in [-0.2, -0.15) is 0 Å². The third-order valence-electron chi connectivity index (χ3n) is 4.06. The summed E-state index contributed by atoms with van der Waals surface area (Å²) in [4.78, 5) is 22.4. The second-order valence-electron chi connectivity index (χ2n) is 6.27. The molecule has 1 fully saturated rings. The van der Waals surface area contributed by atoms with Crippen LogP contribution in [-0.4, -0.2) is 33.6 Å². The Morgan fingerprint density at radius 2 is 2.13 bits per heavy atom. The van der Waals surface area contributed by atoms with E-state index in [-0.39, 0.29) is 12.5 Å². The largest absolute Gasteiger partial charge is 0.481 e. The monoisotopic (exact) mass is 333 g/mol. The number of fused-ring (bicyclic) bond motifs is 1. The average molecular weight is 334 g/mol. The first-order valence-electron chi connectivity index (χ1n) is 7.91. The molecule has 5 nitrogen and oxygen atoms in total. The van der Waals surface area contributed by atoms with Gasteiger partial charge in [-0.3, -0.25) is 4.79 Å². The summed E-state index contributed by atoms with van der Waals surface area (Å²) in [5.41, 5.74) is 0.824. The molecule has 2 aromatic rings. The minimum Gasteiger partial charge on any atom is -0.481 e. The molecule has 1 aromatic heterocycles. The van der Waals surface area contributed by atoms with Gasteiger partial charge >= 0.3 is 5.97 Å². The third kappa shape index (κ3) is 3.55. The summed E-state index contributed by atoms with van der Waals surface area (Å²) in [5, 5.41) is 10.6. The molecule has 0 atom stereocenters. The maximum Gasteiger partial charge on any atom is 0.305 e.